The van der Waals surface area contributed by atoms with E-state index in [-0.39, 0.29) is 12.5 Å². The largest absolute Gasteiger partial charge is 0.479 e. The Balaban J connectivity index is 2.16. The third-order valence-electron chi connectivity index (χ3n) is 2.74. The van der Waals surface area contributed by atoms with Crippen molar-refractivity contribution >= 4 is 11.9 Å². The molecule has 0 aliphatic heterocycles. The molecule has 1 atom stereocenters. The SMILES string of the molecule is COC(CNC(=O)CC1CCC1)C(=O)O. The molecule has 0 saturated heterocycles. The highest BCUT2D eigenvalue weighted by Crippen LogP contribution is 2.28. The van der Waals surface area contributed by atoms with Crippen molar-refractivity contribution in [1.29, 1.82) is 0 Å². The van der Waals surface area contributed by atoms with Gasteiger partial charge in [0.1, 0.15) is 0 Å². The zero-order valence-corrected chi connectivity index (χ0v) is 8.86. The zero-order chi connectivity index (χ0) is 11.3. The number of hydrogen-bond acceptors (Lipinski definition) is 3. The van der Waals surface area contributed by atoms with Crippen LogP contribution in [0.25, 0.3) is 0 Å². The fraction of sp³-hybridized carbons (Fsp3) is 0.800. The third-order valence-corrected chi connectivity index (χ3v) is 2.74. The summed E-state index contributed by atoms with van der Waals surface area (Å²) < 4.78 is 4.69. The average Bonchev–Trinajstić information content (AvgIpc) is 2.12. The van der Waals surface area contributed by atoms with Gasteiger partial charge in [-0.1, -0.05) is 6.42 Å². The maximum atomic E-state index is 11.3. The number of carboxylic acids is 1. The van der Waals surface area contributed by atoms with Crippen LogP contribution in [0.4, 0.5) is 0 Å². The molecule has 0 aromatic carbocycles. The number of rotatable bonds is 6. The average molecular weight is 215 g/mol. The van der Waals surface area contributed by atoms with Gasteiger partial charge in [-0.15, -0.1) is 0 Å². The summed E-state index contributed by atoms with van der Waals surface area (Å²) in [6.07, 6.45) is 2.99. The minimum absolute atomic E-state index is 0.0391. The first-order valence-electron chi connectivity index (χ1n) is 5.15. The van der Waals surface area contributed by atoms with Crippen LogP contribution in [0, 0.1) is 5.92 Å². The number of ether oxygens (including phenoxy) is 1. The fourth-order valence-electron chi connectivity index (χ4n) is 1.51. The Morgan fingerprint density at radius 3 is 2.60 bits per heavy atom. The Kier molecular flexibility index (Phi) is 4.55. The van der Waals surface area contributed by atoms with E-state index in [0.717, 1.165) is 12.8 Å². The van der Waals surface area contributed by atoms with Crippen LogP contribution < -0.4 is 5.32 Å². The molecule has 1 fully saturated rings. The van der Waals surface area contributed by atoms with Crippen molar-refractivity contribution in [3.8, 4) is 0 Å². The number of carbonyl (C=O) groups is 2. The molecule has 86 valence electrons. The fourth-order valence-corrected chi connectivity index (χ4v) is 1.51. The van der Waals surface area contributed by atoms with E-state index in [2.05, 4.69) is 5.32 Å². The maximum Gasteiger partial charge on any atom is 0.334 e. The van der Waals surface area contributed by atoms with Gasteiger partial charge in [0.25, 0.3) is 0 Å². The number of carboxylic acid groups (broad SMARTS) is 1. The molecule has 1 aliphatic rings. The van der Waals surface area contributed by atoms with Gasteiger partial charge < -0.3 is 15.2 Å². The van der Waals surface area contributed by atoms with Gasteiger partial charge in [0, 0.05) is 13.5 Å². The molecule has 1 amide bonds. The Hall–Kier alpha value is -1.10. The zero-order valence-electron chi connectivity index (χ0n) is 8.86. The summed E-state index contributed by atoms with van der Waals surface area (Å²) in [4.78, 5) is 21.9. The van der Waals surface area contributed by atoms with Crippen molar-refractivity contribution in [2.45, 2.75) is 31.8 Å². The lowest BCUT2D eigenvalue weighted by atomic mass is 9.83. The molecular weight excluding hydrogens is 198 g/mol. The van der Waals surface area contributed by atoms with Crippen molar-refractivity contribution in [2.24, 2.45) is 5.92 Å². The first kappa shape index (κ1) is 12.0. The van der Waals surface area contributed by atoms with Crippen LogP contribution in [-0.2, 0) is 14.3 Å². The first-order valence-corrected chi connectivity index (χ1v) is 5.15. The van der Waals surface area contributed by atoms with E-state index in [4.69, 9.17) is 9.84 Å². The molecule has 0 radical (unpaired) electrons. The highest BCUT2D eigenvalue weighted by atomic mass is 16.5. The minimum atomic E-state index is -1.05. The van der Waals surface area contributed by atoms with E-state index in [1.807, 2.05) is 0 Å². The normalized spacial score (nSPS) is 17.9. The van der Waals surface area contributed by atoms with Gasteiger partial charge in [-0.25, -0.2) is 4.79 Å². The highest BCUT2D eigenvalue weighted by Gasteiger charge is 2.22. The molecular formula is C10H17NO4. The van der Waals surface area contributed by atoms with Crippen molar-refractivity contribution < 1.29 is 19.4 Å². The van der Waals surface area contributed by atoms with Crippen LogP contribution in [0.5, 0.6) is 0 Å². The molecule has 1 unspecified atom stereocenters. The lowest BCUT2D eigenvalue weighted by molar-refractivity contribution is -0.148. The van der Waals surface area contributed by atoms with Gasteiger partial charge in [0.05, 0.1) is 6.54 Å². The van der Waals surface area contributed by atoms with Crippen LogP contribution in [0.15, 0.2) is 0 Å². The van der Waals surface area contributed by atoms with E-state index in [1.54, 1.807) is 0 Å². The van der Waals surface area contributed by atoms with Gasteiger partial charge in [0.15, 0.2) is 6.10 Å². The molecule has 5 heteroatoms. The van der Waals surface area contributed by atoms with Crippen LogP contribution in [0.1, 0.15) is 25.7 Å². The van der Waals surface area contributed by atoms with E-state index >= 15 is 0 Å². The summed E-state index contributed by atoms with van der Waals surface area (Å²) in [6, 6.07) is 0. The monoisotopic (exact) mass is 215 g/mol. The van der Waals surface area contributed by atoms with E-state index in [0.29, 0.717) is 12.3 Å². The Bertz CT molecular complexity index is 238. The summed E-state index contributed by atoms with van der Waals surface area (Å²) >= 11 is 0. The molecule has 1 saturated carbocycles. The van der Waals surface area contributed by atoms with Gasteiger partial charge in [-0.3, -0.25) is 4.79 Å². The lowest BCUT2D eigenvalue weighted by Gasteiger charge is -2.24. The number of hydrogen-bond donors (Lipinski definition) is 2. The van der Waals surface area contributed by atoms with Gasteiger partial charge >= 0.3 is 5.97 Å². The molecule has 5 nitrogen and oxygen atoms in total. The second-order valence-electron chi connectivity index (χ2n) is 3.87. The number of amides is 1. The molecule has 15 heavy (non-hydrogen) atoms. The van der Waals surface area contributed by atoms with Crippen molar-refractivity contribution in [3.63, 3.8) is 0 Å². The van der Waals surface area contributed by atoms with Crippen LogP contribution in [-0.4, -0.2) is 36.7 Å². The summed E-state index contributed by atoms with van der Waals surface area (Å²) in [5.74, 6) is -0.639. The smallest absolute Gasteiger partial charge is 0.334 e. The van der Waals surface area contributed by atoms with Gasteiger partial charge in [-0.05, 0) is 18.8 Å². The number of aliphatic carboxylic acids is 1. The summed E-state index contributed by atoms with van der Waals surface area (Å²) in [6.45, 7) is 0.0391. The molecule has 1 aliphatic carbocycles. The molecule has 0 aromatic rings. The predicted octanol–water partition coefficient (Wildman–Crippen LogP) is 0.392. The Labute approximate surface area is 88.8 Å². The van der Waals surface area contributed by atoms with Crippen molar-refractivity contribution in [3.05, 3.63) is 0 Å². The second kappa shape index (κ2) is 5.70. The summed E-state index contributed by atoms with van der Waals surface area (Å²) in [5, 5.41) is 11.2. The minimum Gasteiger partial charge on any atom is -0.479 e. The summed E-state index contributed by atoms with van der Waals surface area (Å²) in [7, 11) is 1.32. The van der Waals surface area contributed by atoms with Crippen LogP contribution in [0.3, 0.4) is 0 Å². The molecule has 0 spiro atoms. The van der Waals surface area contributed by atoms with Crippen LogP contribution in [0.2, 0.25) is 0 Å². The van der Waals surface area contributed by atoms with E-state index < -0.39 is 12.1 Å². The standard InChI is InChI=1S/C10H17NO4/c1-15-8(10(13)14)6-11-9(12)5-7-3-2-4-7/h7-8H,2-6H2,1H3,(H,11,12)(H,13,14). The number of methoxy groups -OCH3 is 1. The maximum absolute atomic E-state index is 11.3. The van der Waals surface area contributed by atoms with Crippen molar-refractivity contribution in [1.82, 2.24) is 5.32 Å². The number of carbonyl (C=O) groups excluding carboxylic acids is 1. The third kappa shape index (κ3) is 3.87. The van der Waals surface area contributed by atoms with E-state index in [1.165, 1.54) is 13.5 Å². The Morgan fingerprint density at radius 1 is 1.53 bits per heavy atom. The Morgan fingerprint density at radius 2 is 2.20 bits per heavy atom. The predicted molar refractivity (Wildman–Crippen MR) is 53.4 cm³/mol. The van der Waals surface area contributed by atoms with Crippen LogP contribution >= 0.6 is 0 Å². The van der Waals surface area contributed by atoms with Gasteiger partial charge in [-0.2, -0.15) is 0 Å². The molecule has 1 rings (SSSR count). The van der Waals surface area contributed by atoms with E-state index in [9.17, 15) is 9.59 Å². The lowest BCUT2D eigenvalue weighted by Crippen LogP contribution is -2.38. The molecule has 2 N–H and O–H groups in total. The quantitative estimate of drug-likeness (QED) is 0.672. The molecule has 0 bridgehead atoms. The van der Waals surface area contributed by atoms with Crippen molar-refractivity contribution in [2.75, 3.05) is 13.7 Å². The summed E-state index contributed by atoms with van der Waals surface area (Å²) in [5.41, 5.74) is 0. The van der Waals surface area contributed by atoms with Gasteiger partial charge in [0.2, 0.25) is 5.91 Å². The highest BCUT2D eigenvalue weighted by molar-refractivity contribution is 5.78. The number of nitrogens with one attached hydrogen (secondary N) is 1. The topological polar surface area (TPSA) is 75.6 Å². The first-order chi connectivity index (χ1) is 7.13. The molecule has 0 heterocycles. The molecule has 0 aromatic heterocycles. The second-order valence-corrected chi connectivity index (χ2v) is 3.87.